The van der Waals surface area contributed by atoms with E-state index in [2.05, 4.69) is 5.32 Å². The van der Waals surface area contributed by atoms with E-state index in [1.165, 1.54) is 0 Å². The number of hydrogen-bond donors (Lipinski definition) is 2. The van der Waals surface area contributed by atoms with Gasteiger partial charge in [0.05, 0.1) is 5.56 Å². The Bertz CT molecular complexity index is 551. The number of carbonyl (C=O) groups excluding carboxylic acids is 2. The summed E-state index contributed by atoms with van der Waals surface area (Å²) in [7, 11) is 0. The average molecular weight is 293 g/mol. The molecule has 0 spiro atoms. The third-order valence-electron chi connectivity index (χ3n) is 4.15. The summed E-state index contributed by atoms with van der Waals surface area (Å²) in [6, 6.07) is -0.518. The molecule has 1 aliphatic heterocycles. The minimum absolute atomic E-state index is 0.0191. The summed E-state index contributed by atoms with van der Waals surface area (Å²) in [6.45, 7) is 7.51. The normalized spacial score (nSPS) is 18.6. The number of carbonyl (C=O) groups is 2. The highest BCUT2D eigenvalue weighted by molar-refractivity contribution is 5.97. The second-order valence-corrected chi connectivity index (χ2v) is 5.72. The van der Waals surface area contributed by atoms with Crippen molar-refractivity contribution >= 4 is 11.9 Å². The van der Waals surface area contributed by atoms with Gasteiger partial charge in [0.2, 0.25) is 0 Å². The molecular formula is C15H23N3O3. The lowest BCUT2D eigenvalue weighted by molar-refractivity contribution is 0.0672. The van der Waals surface area contributed by atoms with E-state index in [1.807, 2.05) is 25.7 Å². The lowest BCUT2D eigenvalue weighted by Crippen LogP contribution is -2.44. The highest BCUT2D eigenvalue weighted by Gasteiger charge is 2.28. The first-order valence-electron chi connectivity index (χ1n) is 7.29. The van der Waals surface area contributed by atoms with Gasteiger partial charge in [-0.1, -0.05) is 0 Å². The van der Waals surface area contributed by atoms with Gasteiger partial charge in [-0.05, 0) is 39.5 Å². The largest absolute Gasteiger partial charge is 0.466 e. The monoisotopic (exact) mass is 293 g/mol. The Labute approximate surface area is 124 Å². The Morgan fingerprint density at radius 3 is 2.62 bits per heavy atom. The number of urea groups is 1. The number of nitrogens with two attached hydrogens (primary N) is 1. The molecule has 0 saturated carbocycles. The van der Waals surface area contributed by atoms with Gasteiger partial charge in [0, 0.05) is 25.2 Å². The molecule has 1 atom stereocenters. The lowest BCUT2D eigenvalue weighted by Gasteiger charge is -2.32. The molecule has 1 aromatic heterocycles. The number of piperidine rings is 1. The molecule has 21 heavy (non-hydrogen) atoms. The molecule has 1 aliphatic rings. The highest BCUT2D eigenvalue weighted by atomic mass is 16.3. The number of amides is 3. The molecule has 3 amide bonds. The smallest absolute Gasteiger partial charge is 0.312 e. The van der Waals surface area contributed by atoms with Crippen molar-refractivity contribution in [1.82, 2.24) is 10.2 Å². The molecule has 0 aliphatic carbocycles. The van der Waals surface area contributed by atoms with Crippen LogP contribution in [0.15, 0.2) is 4.42 Å². The van der Waals surface area contributed by atoms with Crippen molar-refractivity contribution in [3.05, 3.63) is 22.6 Å². The number of nitrogens with zero attached hydrogens (tertiary/aromatic N) is 1. The second kappa shape index (κ2) is 6.20. The predicted octanol–water partition coefficient (Wildman–Crippen LogP) is 1.73. The maximum atomic E-state index is 12.7. The van der Waals surface area contributed by atoms with Crippen LogP contribution in [0.25, 0.3) is 0 Å². The maximum absolute atomic E-state index is 12.7. The maximum Gasteiger partial charge on any atom is 0.312 e. The number of rotatable bonds is 3. The topological polar surface area (TPSA) is 88.6 Å². The SMILES string of the molecule is Cc1oc(C)c(C(=O)N2CCC[C@H](CNC(N)=O)C2)c1C. The highest BCUT2D eigenvalue weighted by Crippen LogP contribution is 2.25. The summed E-state index contributed by atoms with van der Waals surface area (Å²) in [4.78, 5) is 25.3. The Kier molecular flexibility index (Phi) is 4.55. The van der Waals surface area contributed by atoms with Crippen LogP contribution in [0.3, 0.4) is 0 Å². The predicted molar refractivity (Wildman–Crippen MR) is 79.1 cm³/mol. The molecule has 6 nitrogen and oxygen atoms in total. The van der Waals surface area contributed by atoms with E-state index in [4.69, 9.17) is 10.2 Å². The van der Waals surface area contributed by atoms with E-state index in [0.29, 0.717) is 24.4 Å². The van der Waals surface area contributed by atoms with Crippen molar-refractivity contribution in [1.29, 1.82) is 0 Å². The van der Waals surface area contributed by atoms with Crippen molar-refractivity contribution in [2.75, 3.05) is 19.6 Å². The van der Waals surface area contributed by atoms with Gasteiger partial charge in [0.1, 0.15) is 11.5 Å². The minimum atomic E-state index is -0.518. The first-order chi connectivity index (χ1) is 9.90. The van der Waals surface area contributed by atoms with Gasteiger partial charge >= 0.3 is 6.03 Å². The number of primary amides is 1. The molecule has 3 N–H and O–H groups in total. The zero-order valence-corrected chi connectivity index (χ0v) is 12.9. The van der Waals surface area contributed by atoms with Gasteiger partial charge in [-0.3, -0.25) is 4.79 Å². The molecule has 0 aromatic carbocycles. The van der Waals surface area contributed by atoms with Crippen LogP contribution in [0.2, 0.25) is 0 Å². The molecule has 6 heteroatoms. The Hall–Kier alpha value is -1.98. The fourth-order valence-electron chi connectivity index (χ4n) is 2.93. The van der Waals surface area contributed by atoms with Crippen LogP contribution in [0.4, 0.5) is 4.79 Å². The Morgan fingerprint density at radius 1 is 1.33 bits per heavy atom. The van der Waals surface area contributed by atoms with E-state index < -0.39 is 6.03 Å². The molecular weight excluding hydrogens is 270 g/mol. The fraction of sp³-hybridized carbons (Fsp3) is 0.600. The van der Waals surface area contributed by atoms with E-state index in [1.54, 1.807) is 0 Å². The first-order valence-corrected chi connectivity index (χ1v) is 7.29. The van der Waals surface area contributed by atoms with Crippen molar-refractivity contribution in [3.63, 3.8) is 0 Å². The third-order valence-corrected chi connectivity index (χ3v) is 4.15. The third kappa shape index (κ3) is 3.37. The summed E-state index contributed by atoms with van der Waals surface area (Å²) < 4.78 is 5.54. The van der Waals surface area contributed by atoms with Crippen molar-refractivity contribution in [2.45, 2.75) is 33.6 Å². The van der Waals surface area contributed by atoms with Crippen LogP contribution in [-0.2, 0) is 0 Å². The number of aryl methyl sites for hydroxylation is 2. The number of likely N-dealkylation sites (tertiary alicyclic amines) is 1. The molecule has 0 bridgehead atoms. The molecule has 116 valence electrons. The Morgan fingerprint density at radius 2 is 2.05 bits per heavy atom. The molecule has 1 aromatic rings. The second-order valence-electron chi connectivity index (χ2n) is 5.72. The van der Waals surface area contributed by atoms with Crippen molar-refractivity contribution in [3.8, 4) is 0 Å². The average Bonchev–Trinajstić information content (AvgIpc) is 2.69. The van der Waals surface area contributed by atoms with Gasteiger partial charge in [-0.15, -0.1) is 0 Å². The fourth-order valence-corrected chi connectivity index (χ4v) is 2.93. The minimum Gasteiger partial charge on any atom is -0.466 e. The Balaban J connectivity index is 2.07. The van der Waals surface area contributed by atoms with Crippen molar-refractivity contribution < 1.29 is 14.0 Å². The molecule has 1 fully saturated rings. The van der Waals surface area contributed by atoms with Gasteiger partial charge < -0.3 is 20.4 Å². The summed E-state index contributed by atoms with van der Waals surface area (Å²) in [6.07, 6.45) is 1.93. The molecule has 2 rings (SSSR count). The standard InChI is InChI=1S/C15H23N3O3/c1-9-10(2)21-11(3)13(9)14(19)18-6-4-5-12(8-18)7-17-15(16)20/h12H,4-8H2,1-3H3,(H3,16,17,20)/t12-/m1/s1. The van der Waals surface area contributed by atoms with E-state index >= 15 is 0 Å². The van der Waals surface area contributed by atoms with Crippen LogP contribution in [0.5, 0.6) is 0 Å². The molecule has 2 heterocycles. The number of hydrogen-bond acceptors (Lipinski definition) is 3. The summed E-state index contributed by atoms with van der Waals surface area (Å²) in [5, 5.41) is 2.62. The molecule has 0 unspecified atom stereocenters. The quantitative estimate of drug-likeness (QED) is 0.889. The van der Waals surface area contributed by atoms with E-state index in [-0.39, 0.29) is 11.8 Å². The molecule has 1 saturated heterocycles. The van der Waals surface area contributed by atoms with Crippen LogP contribution in [-0.4, -0.2) is 36.5 Å². The van der Waals surface area contributed by atoms with Crippen molar-refractivity contribution in [2.24, 2.45) is 11.7 Å². The summed E-state index contributed by atoms with van der Waals surface area (Å²) in [5.41, 5.74) is 6.68. The van der Waals surface area contributed by atoms with Gasteiger partial charge in [0.25, 0.3) is 5.91 Å². The molecule has 0 radical (unpaired) electrons. The zero-order chi connectivity index (χ0) is 15.6. The van der Waals surface area contributed by atoms with Gasteiger partial charge in [-0.25, -0.2) is 4.79 Å². The van der Waals surface area contributed by atoms with E-state index in [0.717, 1.165) is 30.7 Å². The number of furan rings is 1. The number of nitrogens with one attached hydrogen (secondary N) is 1. The zero-order valence-electron chi connectivity index (χ0n) is 12.9. The summed E-state index contributed by atoms with van der Waals surface area (Å²) in [5.74, 6) is 1.74. The summed E-state index contributed by atoms with van der Waals surface area (Å²) >= 11 is 0. The van der Waals surface area contributed by atoms with Crippen LogP contribution in [0, 0.1) is 26.7 Å². The lowest BCUT2D eigenvalue weighted by atomic mass is 9.97. The van der Waals surface area contributed by atoms with E-state index in [9.17, 15) is 9.59 Å². The van der Waals surface area contributed by atoms with Crippen LogP contribution in [0.1, 0.15) is 40.3 Å². The van der Waals surface area contributed by atoms with Crippen LogP contribution >= 0.6 is 0 Å². The van der Waals surface area contributed by atoms with Crippen LogP contribution < -0.4 is 11.1 Å². The van der Waals surface area contributed by atoms with Gasteiger partial charge in [-0.2, -0.15) is 0 Å². The van der Waals surface area contributed by atoms with Gasteiger partial charge in [0.15, 0.2) is 0 Å². The first kappa shape index (κ1) is 15.4.